The number of hydrogen-bond donors (Lipinski definition) is 1. The van der Waals surface area contributed by atoms with Gasteiger partial charge in [-0.2, -0.15) is 0 Å². The lowest BCUT2D eigenvalue weighted by molar-refractivity contribution is -0.870. The Bertz CT molecular complexity index is 1900. The second-order valence-electron chi connectivity index (χ2n) is 23.6. The largest absolute Gasteiger partial charge is 0.756 e. The molecule has 9 nitrogen and oxygen atoms in total. The summed E-state index contributed by atoms with van der Waals surface area (Å²) in [5.74, 6) is -0.605. The molecule has 0 saturated heterocycles. The third-order valence-corrected chi connectivity index (χ3v) is 15.3. The minimum atomic E-state index is -4.73. The van der Waals surface area contributed by atoms with Gasteiger partial charge in [0.15, 0.2) is 0 Å². The maximum Gasteiger partial charge on any atom is 0.306 e. The Labute approximate surface area is 517 Å². The molecule has 0 bridgehead atoms. The number of carbonyl (C=O) groups is 2. The molecule has 0 rings (SSSR count). The van der Waals surface area contributed by atoms with Crippen LogP contribution in [0.15, 0.2) is 134 Å². The summed E-state index contributed by atoms with van der Waals surface area (Å²) in [7, 11) is 1.13. The third-order valence-electron chi connectivity index (χ3n) is 14.3. The number of nitrogens with zero attached hydrogens (tertiary/aromatic N) is 1. The van der Waals surface area contributed by atoms with Gasteiger partial charge in [0.25, 0.3) is 7.82 Å². The number of allylic oxidation sites excluding steroid dienone is 21. The van der Waals surface area contributed by atoms with Crippen molar-refractivity contribution < 1.29 is 37.3 Å². The van der Waals surface area contributed by atoms with E-state index < -0.39 is 26.6 Å². The molecule has 0 aliphatic heterocycles. The minimum absolute atomic E-state index is 0.0391. The van der Waals surface area contributed by atoms with Crippen LogP contribution in [0.2, 0.25) is 0 Å². The number of rotatable bonds is 60. The first-order valence-corrected chi connectivity index (χ1v) is 35.5. The summed E-state index contributed by atoms with van der Waals surface area (Å²) < 4.78 is 30.4. The molecule has 3 unspecified atom stereocenters. The molecule has 10 heteroatoms. The van der Waals surface area contributed by atoms with Gasteiger partial charge in [-0.05, 0) is 128 Å². The first-order valence-electron chi connectivity index (χ1n) is 34.0. The third kappa shape index (κ3) is 62.7. The van der Waals surface area contributed by atoms with E-state index in [0.29, 0.717) is 23.9 Å². The molecule has 480 valence electrons. The van der Waals surface area contributed by atoms with Crippen molar-refractivity contribution in [3.63, 3.8) is 0 Å². The fraction of sp³-hybridized carbons (Fsp3) is 0.676. The molecule has 0 aliphatic carbocycles. The average Bonchev–Trinajstić information content (AvgIpc) is 3.64. The van der Waals surface area contributed by atoms with Gasteiger partial charge >= 0.3 is 5.97 Å². The zero-order valence-corrected chi connectivity index (χ0v) is 55.7. The zero-order valence-electron chi connectivity index (χ0n) is 54.8. The number of nitrogens with one attached hydrogen (secondary N) is 1. The van der Waals surface area contributed by atoms with Crippen LogP contribution in [0.4, 0.5) is 0 Å². The van der Waals surface area contributed by atoms with Crippen LogP contribution >= 0.6 is 7.82 Å². The molecule has 0 radical (unpaired) electrons. The van der Waals surface area contributed by atoms with E-state index in [4.69, 9.17) is 13.8 Å². The van der Waals surface area contributed by atoms with E-state index in [1.165, 1.54) is 109 Å². The Hall–Kier alpha value is -3.85. The molecule has 0 aromatic heterocycles. The Kier molecular flexibility index (Phi) is 59.4. The van der Waals surface area contributed by atoms with Crippen molar-refractivity contribution in [2.75, 3.05) is 40.9 Å². The number of phosphoric ester groups is 1. The van der Waals surface area contributed by atoms with E-state index >= 15 is 0 Å². The molecule has 1 amide bonds. The van der Waals surface area contributed by atoms with Gasteiger partial charge in [0, 0.05) is 12.8 Å². The molecule has 0 fully saturated rings. The summed E-state index contributed by atoms with van der Waals surface area (Å²) in [5, 5.41) is 3.01. The summed E-state index contributed by atoms with van der Waals surface area (Å²) in [6, 6.07) is -0.925. The molecule has 84 heavy (non-hydrogen) atoms. The van der Waals surface area contributed by atoms with Crippen molar-refractivity contribution in [3.05, 3.63) is 134 Å². The SMILES string of the molecule is CC/C=C\C/C=C\C/C=C\C/C=C\C/C=C\C/C=C\CCCCC(=O)NC(COP(=O)([O-])OCC[N+](C)(C)C)C(/C=C/CCCCCCCCCCCC)OC(=O)CCCCCCCCCCC/C=C\C/C=C\C/C=C\C/C=C\CCCCC. The van der Waals surface area contributed by atoms with Crippen molar-refractivity contribution in [2.45, 2.75) is 283 Å². The van der Waals surface area contributed by atoms with Crippen molar-refractivity contribution in [1.29, 1.82) is 0 Å². The van der Waals surface area contributed by atoms with Gasteiger partial charge in [-0.1, -0.05) is 264 Å². The smallest absolute Gasteiger partial charge is 0.306 e. The fourth-order valence-electron chi connectivity index (χ4n) is 9.10. The quantitative estimate of drug-likeness (QED) is 0.0212. The number of likely N-dealkylation sites (N-methyl/N-ethyl adjacent to an activating group) is 1. The predicted molar refractivity (Wildman–Crippen MR) is 362 cm³/mol. The summed E-state index contributed by atoms with van der Waals surface area (Å²) in [5.41, 5.74) is 0. The number of esters is 1. The van der Waals surface area contributed by atoms with Crippen molar-refractivity contribution in [2.24, 2.45) is 0 Å². The van der Waals surface area contributed by atoms with Crippen LogP contribution < -0.4 is 10.2 Å². The highest BCUT2D eigenvalue weighted by Gasteiger charge is 2.27. The van der Waals surface area contributed by atoms with Crippen LogP contribution in [0.3, 0.4) is 0 Å². The van der Waals surface area contributed by atoms with E-state index in [1.54, 1.807) is 0 Å². The van der Waals surface area contributed by atoms with Crippen LogP contribution in [0, 0.1) is 0 Å². The average molecular weight is 1190 g/mol. The molecular formula is C74H127N2O7P. The Morgan fingerprint density at radius 3 is 1.18 bits per heavy atom. The van der Waals surface area contributed by atoms with Gasteiger partial charge in [0.1, 0.15) is 19.3 Å². The monoisotopic (exact) mass is 1190 g/mol. The first-order chi connectivity index (χ1) is 40.9. The Morgan fingerprint density at radius 2 is 0.762 bits per heavy atom. The number of hydrogen-bond acceptors (Lipinski definition) is 7. The van der Waals surface area contributed by atoms with Crippen LogP contribution in [0.5, 0.6) is 0 Å². The highest BCUT2D eigenvalue weighted by Crippen LogP contribution is 2.38. The van der Waals surface area contributed by atoms with Crippen LogP contribution in [0.25, 0.3) is 0 Å². The molecule has 0 spiro atoms. The number of unbranched alkanes of at least 4 members (excludes halogenated alkanes) is 24. The van der Waals surface area contributed by atoms with Gasteiger partial charge in [-0.25, -0.2) is 0 Å². The zero-order chi connectivity index (χ0) is 61.4. The molecule has 0 aliphatic rings. The Morgan fingerprint density at radius 1 is 0.429 bits per heavy atom. The number of phosphoric acid groups is 1. The highest BCUT2D eigenvalue weighted by molar-refractivity contribution is 7.45. The lowest BCUT2D eigenvalue weighted by atomic mass is 10.0. The van der Waals surface area contributed by atoms with E-state index in [2.05, 4.69) is 148 Å². The van der Waals surface area contributed by atoms with Gasteiger partial charge in [-0.15, -0.1) is 0 Å². The summed E-state index contributed by atoms with van der Waals surface area (Å²) >= 11 is 0. The maximum absolute atomic E-state index is 13.6. The van der Waals surface area contributed by atoms with Crippen molar-refractivity contribution in [1.82, 2.24) is 5.32 Å². The maximum atomic E-state index is 13.6. The summed E-state index contributed by atoms with van der Waals surface area (Å²) in [4.78, 5) is 40.1. The lowest BCUT2D eigenvalue weighted by Crippen LogP contribution is -2.47. The first kappa shape index (κ1) is 80.2. The van der Waals surface area contributed by atoms with E-state index in [-0.39, 0.29) is 31.3 Å². The van der Waals surface area contributed by atoms with Crippen LogP contribution in [-0.4, -0.2) is 69.4 Å². The summed E-state index contributed by atoms with van der Waals surface area (Å²) in [6.07, 6.45) is 88.6. The van der Waals surface area contributed by atoms with Crippen molar-refractivity contribution in [3.8, 4) is 0 Å². The van der Waals surface area contributed by atoms with E-state index in [9.17, 15) is 19.0 Å². The van der Waals surface area contributed by atoms with E-state index in [0.717, 1.165) is 116 Å². The topological polar surface area (TPSA) is 114 Å². The van der Waals surface area contributed by atoms with Crippen molar-refractivity contribution >= 4 is 19.7 Å². The molecule has 0 saturated carbocycles. The fourth-order valence-corrected chi connectivity index (χ4v) is 9.82. The molecule has 0 heterocycles. The van der Waals surface area contributed by atoms with Crippen LogP contribution in [-0.2, 0) is 27.9 Å². The molecule has 3 atom stereocenters. The standard InChI is InChI=1S/C74H127N2O7P/c1-7-10-13-16-19-22-25-28-30-32-34-36-37-38-39-41-43-45-47-49-52-55-58-61-64-67-74(78)83-72(65-62-59-56-53-50-27-24-21-18-15-12-9-3)71(70-82-84(79,80)81-69-68-76(4,5)6)75-73(77)66-63-60-57-54-51-48-46-44-42-40-35-33-31-29-26-23-20-17-14-11-8-2/h11,14,19-20,22-23,28-31,34-36,38-40,44,46,51,54,62,65,71-72H,7-10,12-13,15-18,21,24-27,32-33,37,41-43,45,47-50,52-53,55-61,63-64,66-70H2,1-6H3,(H-,75,77,79,80)/b14-11-,22-19-,23-20-,30-28-,31-29-,36-34-,39-38-,40-35-,46-44-,54-51-,65-62+. The molecule has 1 N–H and O–H groups in total. The summed E-state index contributed by atoms with van der Waals surface area (Å²) in [6.45, 7) is 6.66. The number of quaternary nitrogens is 1. The van der Waals surface area contributed by atoms with Gasteiger partial charge in [0.05, 0.1) is 33.8 Å². The number of ether oxygens (including phenoxy) is 1. The van der Waals surface area contributed by atoms with E-state index in [1.807, 2.05) is 33.3 Å². The van der Waals surface area contributed by atoms with Gasteiger partial charge in [0.2, 0.25) is 5.91 Å². The second kappa shape index (κ2) is 62.2. The van der Waals surface area contributed by atoms with Gasteiger partial charge in [-0.3, -0.25) is 14.2 Å². The number of amides is 1. The predicted octanol–water partition coefficient (Wildman–Crippen LogP) is 21.0. The second-order valence-corrected chi connectivity index (χ2v) is 25.0. The minimum Gasteiger partial charge on any atom is -0.756 e. The molecular weight excluding hydrogens is 1060 g/mol. The Balaban J connectivity index is 5.23. The highest BCUT2D eigenvalue weighted by atomic mass is 31.2. The number of carbonyl (C=O) groups excluding carboxylic acids is 2. The molecule has 0 aromatic rings. The van der Waals surface area contributed by atoms with Gasteiger partial charge < -0.3 is 28.5 Å². The lowest BCUT2D eigenvalue weighted by Gasteiger charge is -2.30. The normalized spacial score (nSPS) is 14.4. The molecule has 0 aromatic carbocycles. The van der Waals surface area contributed by atoms with Crippen LogP contribution in [0.1, 0.15) is 271 Å².